The van der Waals surface area contributed by atoms with Crippen LogP contribution in [0.3, 0.4) is 0 Å². The van der Waals surface area contributed by atoms with Gasteiger partial charge in [-0.15, -0.1) is 0 Å². The Labute approximate surface area is 147 Å². The van der Waals surface area contributed by atoms with Gasteiger partial charge in [-0.1, -0.05) is 30.3 Å². The number of hydrogen-bond donors (Lipinski definition) is 2. The Bertz CT molecular complexity index is 745. The van der Waals surface area contributed by atoms with Crippen LogP contribution in [0, 0.1) is 0 Å². The minimum atomic E-state index is -0.387. The van der Waals surface area contributed by atoms with Crippen LogP contribution in [0.25, 0.3) is 0 Å². The molecular weight excluding hydrogens is 318 g/mol. The highest BCUT2D eigenvalue weighted by Crippen LogP contribution is 2.26. The van der Waals surface area contributed by atoms with Crippen molar-refractivity contribution in [2.45, 2.75) is 12.5 Å². The summed E-state index contributed by atoms with van der Waals surface area (Å²) in [5, 5.41) is 2.79. The fourth-order valence-electron chi connectivity index (χ4n) is 2.40. The van der Waals surface area contributed by atoms with Crippen LogP contribution in [0.1, 0.15) is 28.4 Å². The van der Waals surface area contributed by atoms with E-state index in [1.54, 1.807) is 32.3 Å². The van der Waals surface area contributed by atoms with Crippen molar-refractivity contribution in [1.29, 1.82) is 0 Å². The van der Waals surface area contributed by atoms with Crippen LogP contribution in [0.15, 0.2) is 48.5 Å². The predicted octanol–water partition coefficient (Wildman–Crippen LogP) is 2.43. The van der Waals surface area contributed by atoms with Gasteiger partial charge in [0.15, 0.2) is 0 Å². The molecule has 0 saturated carbocycles. The number of methoxy groups -OCH3 is 1. The molecule has 1 atom stereocenters. The van der Waals surface area contributed by atoms with Crippen LogP contribution in [0.2, 0.25) is 0 Å². The summed E-state index contributed by atoms with van der Waals surface area (Å²) in [5.41, 5.74) is 7.96. The number of benzene rings is 2. The largest absolute Gasteiger partial charge is 0.495 e. The molecule has 6 heteroatoms. The minimum absolute atomic E-state index is 0.137. The summed E-state index contributed by atoms with van der Waals surface area (Å²) >= 11 is 0. The van der Waals surface area contributed by atoms with Gasteiger partial charge in [0.2, 0.25) is 5.91 Å². The number of carbonyl (C=O) groups is 2. The monoisotopic (exact) mass is 341 g/mol. The van der Waals surface area contributed by atoms with Gasteiger partial charge < -0.3 is 20.7 Å². The molecule has 0 radical (unpaired) electrons. The van der Waals surface area contributed by atoms with Gasteiger partial charge in [-0.3, -0.25) is 9.59 Å². The fraction of sp³-hybridized carbons (Fsp3) is 0.263. The molecule has 0 aromatic heterocycles. The molecule has 0 spiro atoms. The number of hydrogen-bond acceptors (Lipinski definition) is 4. The normalized spacial score (nSPS) is 11.5. The van der Waals surface area contributed by atoms with E-state index in [-0.39, 0.29) is 24.3 Å². The first-order valence-corrected chi connectivity index (χ1v) is 7.92. The molecule has 0 aliphatic heterocycles. The highest BCUT2D eigenvalue weighted by atomic mass is 16.5. The van der Waals surface area contributed by atoms with Gasteiger partial charge in [0, 0.05) is 32.1 Å². The van der Waals surface area contributed by atoms with Crippen LogP contribution >= 0.6 is 0 Å². The molecular formula is C19H23N3O3. The van der Waals surface area contributed by atoms with Gasteiger partial charge in [-0.05, 0) is 23.8 Å². The van der Waals surface area contributed by atoms with Crippen LogP contribution in [-0.4, -0.2) is 37.9 Å². The first-order chi connectivity index (χ1) is 11.9. The molecule has 0 aliphatic rings. The molecule has 2 aromatic carbocycles. The van der Waals surface area contributed by atoms with Crippen molar-refractivity contribution in [3.05, 3.63) is 59.7 Å². The molecule has 0 fully saturated rings. The van der Waals surface area contributed by atoms with E-state index in [1.807, 2.05) is 30.3 Å². The Morgan fingerprint density at radius 3 is 2.44 bits per heavy atom. The third kappa shape index (κ3) is 4.81. The smallest absolute Gasteiger partial charge is 0.253 e. The standard InChI is InChI=1S/C19H23N3O3/c1-22(2)19(24)14-9-10-16(17(11-14)25-3)21-18(23)12-15(20)13-7-5-4-6-8-13/h4-11,15H,12,20H2,1-3H3,(H,21,23). The summed E-state index contributed by atoms with van der Waals surface area (Å²) in [7, 11) is 4.84. The maximum atomic E-state index is 12.3. The fourth-order valence-corrected chi connectivity index (χ4v) is 2.40. The number of ether oxygens (including phenoxy) is 1. The molecule has 25 heavy (non-hydrogen) atoms. The molecule has 2 rings (SSSR count). The van der Waals surface area contributed by atoms with Gasteiger partial charge in [0.05, 0.1) is 12.8 Å². The number of carbonyl (C=O) groups excluding carboxylic acids is 2. The first kappa shape index (κ1) is 18.5. The topological polar surface area (TPSA) is 84.7 Å². The predicted molar refractivity (Wildman–Crippen MR) is 97.6 cm³/mol. The highest BCUT2D eigenvalue weighted by Gasteiger charge is 2.15. The molecule has 0 heterocycles. The number of anilines is 1. The van der Waals surface area contributed by atoms with E-state index in [4.69, 9.17) is 10.5 Å². The second kappa shape index (κ2) is 8.30. The molecule has 2 aromatic rings. The molecule has 3 N–H and O–H groups in total. The summed E-state index contributed by atoms with van der Waals surface area (Å²) in [6.07, 6.45) is 0.144. The number of nitrogens with one attached hydrogen (secondary N) is 1. The van der Waals surface area contributed by atoms with E-state index < -0.39 is 0 Å². The maximum absolute atomic E-state index is 12.3. The minimum Gasteiger partial charge on any atom is -0.495 e. The Morgan fingerprint density at radius 1 is 1.16 bits per heavy atom. The van der Waals surface area contributed by atoms with Crippen LogP contribution in [0.5, 0.6) is 5.75 Å². The molecule has 2 amide bonds. The van der Waals surface area contributed by atoms with Gasteiger partial charge >= 0.3 is 0 Å². The lowest BCUT2D eigenvalue weighted by Crippen LogP contribution is -2.22. The summed E-state index contributed by atoms with van der Waals surface area (Å²) in [6, 6.07) is 14.0. The van der Waals surface area contributed by atoms with Crippen LogP contribution in [-0.2, 0) is 4.79 Å². The van der Waals surface area contributed by atoms with E-state index in [2.05, 4.69) is 5.32 Å². The second-order valence-electron chi connectivity index (χ2n) is 5.88. The van der Waals surface area contributed by atoms with Crippen LogP contribution in [0.4, 0.5) is 5.69 Å². The van der Waals surface area contributed by atoms with Crippen molar-refractivity contribution < 1.29 is 14.3 Å². The summed E-state index contributed by atoms with van der Waals surface area (Å²) in [5.74, 6) is 0.0675. The zero-order chi connectivity index (χ0) is 18.4. The van der Waals surface area contributed by atoms with E-state index in [9.17, 15) is 9.59 Å². The summed E-state index contributed by atoms with van der Waals surface area (Å²) in [6.45, 7) is 0. The van der Waals surface area contributed by atoms with Gasteiger partial charge in [0.1, 0.15) is 5.75 Å². The van der Waals surface area contributed by atoms with Gasteiger partial charge in [-0.2, -0.15) is 0 Å². The van der Waals surface area contributed by atoms with Crippen molar-refractivity contribution in [3.8, 4) is 5.75 Å². The lowest BCUT2D eigenvalue weighted by molar-refractivity contribution is -0.116. The average Bonchev–Trinajstić information content (AvgIpc) is 2.61. The van der Waals surface area contributed by atoms with Crippen molar-refractivity contribution >= 4 is 17.5 Å². The van der Waals surface area contributed by atoms with Crippen molar-refractivity contribution in [1.82, 2.24) is 4.90 Å². The number of nitrogens with two attached hydrogens (primary N) is 1. The molecule has 1 unspecified atom stereocenters. The van der Waals surface area contributed by atoms with Gasteiger partial charge in [0.25, 0.3) is 5.91 Å². The lowest BCUT2D eigenvalue weighted by Gasteiger charge is -2.15. The van der Waals surface area contributed by atoms with Crippen molar-refractivity contribution in [2.75, 3.05) is 26.5 Å². The van der Waals surface area contributed by atoms with Crippen LogP contribution < -0.4 is 15.8 Å². The van der Waals surface area contributed by atoms with E-state index in [0.717, 1.165) is 5.56 Å². The maximum Gasteiger partial charge on any atom is 0.253 e. The van der Waals surface area contributed by atoms with E-state index >= 15 is 0 Å². The average molecular weight is 341 g/mol. The zero-order valence-corrected chi connectivity index (χ0v) is 14.7. The summed E-state index contributed by atoms with van der Waals surface area (Å²) in [4.78, 5) is 25.8. The SMILES string of the molecule is COc1cc(C(=O)N(C)C)ccc1NC(=O)CC(N)c1ccccc1. The van der Waals surface area contributed by atoms with Crippen molar-refractivity contribution in [2.24, 2.45) is 5.73 Å². The number of nitrogens with zero attached hydrogens (tertiary/aromatic N) is 1. The molecule has 6 nitrogen and oxygen atoms in total. The second-order valence-corrected chi connectivity index (χ2v) is 5.88. The molecule has 0 saturated heterocycles. The molecule has 0 bridgehead atoms. The Kier molecular flexibility index (Phi) is 6.14. The van der Waals surface area contributed by atoms with E-state index in [1.165, 1.54) is 12.0 Å². The molecule has 0 aliphatic carbocycles. The summed E-state index contributed by atoms with van der Waals surface area (Å²) < 4.78 is 5.29. The first-order valence-electron chi connectivity index (χ1n) is 7.92. The van der Waals surface area contributed by atoms with Gasteiger partial charge in [-0.25, -0.2) is 0 Å². The van der Waals surface area contributed by atoms with Crippen molar-refractivity contribution in [3.63, 3.8) is 0 Å². The Balaban J connectivity index is 2.08. The van der Waals surface area contributed by atoms with E-state index in [0.29, 0.717) is 17.0 Å². The zero-order valence-electron chi connectivity index (χ0n) is 14.7. The number of rotatable bonds is 6. The Hall–Kier alpha value is -2.86. The third-order valence-electron chi connectivity index (χ3n) is 3.76. The molecule has 132 valence electrons. The third-order valence-corrected chi connectivity index (χ3v) is 3.76. The Morgan fingerprint density at radius 2 is 1.84 bits per heavy atom. The highest BCUT2D eigenvalue weighted by molar-refractivity contribution is 5.97. The lowest BCUT2D eigenvalue weighted by atomic mass is 10.0. The quantitative estimate of drug-likeness (QED) is 0.845. The number of amides is 2.